The molecule has 5 unspecified atom stereocenters. The third-order valence-corrected chi connectivity index (χ3v) is 9.74. The Hall–Kier alpha value is -1.20. The maximum atomic E-state index is 12.4. The zero-order chi connectivity index (χ0) is 19.7. The quantitative estimate of drug-likeness (QED) is 0.561. The highest BCUT2D eigenvalue weighted by Crippen LogP contribution is 2.69. The number of rotatable bonds is 2. The van der Waals surface area contributed by atoms with Crippen LogP contribution in [0.3, 0.4) is 0 Å². The normalized spacial score (nSPS) is 52.9. The van der Waals surface area contributed by atoms with Crippen LogP contribution in [0.15, 0.2) is 11.6 Å². The minimum atomic E-state index is -0.788. The number of aliphatic hydroxyl groups is 2. The maximum Gasteiger partial charge on any atom is 0.331 e. The Bertz CT molecular complexity index is 731. The first-order valence-corrected chi connectivity index (χ1v) is 11.1. The molecule has 4 aliphatic carbocycles. The number of hydrogen-bond donors (Lipinski definition) is 2. The second kappa shape index (κ2) is 6.15. The van der Waals surface area contributed by atoms with Gasteiger partial charge in [-0.15, -0.1) is 0 Å². The number of carbonyl (C=O) groups excluding carboxylic acids is 2. The van der Waals surface area contributed by atoms with Gasteiger partial charge in [-0.05, 0) is 87.0 Å². The molecular formula is C23H32O5. The minimum Gasteiger partial charge on any atom is -0.458 e. The highest BCUT2D eigenvalue weighted by atomic mass is 16.5. The van der Waals surface area contributed by atoms with Crippen LogP contribution < -0.4 is 0 Å². The fourth-order valence-corrected chi connectivity index (χ4v) is 8.31. The van der Waals surface area contributed by atoms with Crippen molar-refractivity contribution >= 4 is 12.3 Å². The van der Waals surface area contributed by atoms with Crippen LogP contribution in [0.5, 0.6) is 0 Å². The number of aliphatic hydroxyl groups excluding tert-OH is 1. The Morgan fingerprint density at radius 2 is 1.93 bits per heavy atom. The van der Waals surface area contributed by atoms with Crippen molar-refractivity contribution < 1.29 is 24.5 Å². The fourth-order valence-electron chi connectivity index (χ4n) is 8.31. The van der Waals surface area contributed by atoms with E-state index in [1.165, 1.54) is 6.29 Å². The van der Waals surface area contributed by atoms with Gasteiger partial charge in [0.05, 0.1) is 11.7 Å². The largest absolute Gasteiger partial charge is 0.458 e. The summed E-state index contributed by atoms with van der Waals surface area (Å²) >= 11 is 0. The molecule has 5 nitrogen and oxygen atoms in total. The van der Waals surface area contributed by atoms with Crippen LogP contribution in [0.2, 0.25) is 0 Å². The smallest absolute Gasteiger partial charge is 0.331 e. The van der Waals surface area contributed by atoms with Gasteiger partial charge < -0.3 is 19.7 Å². The Kier molecular flexibility index (Phi) is 4.13. The molecule has 1 aliphatic heterocycles. The highest BCUT2D eigenvalue weighted by Gasteiger charge is 2.68. The molecule has 5 aliphatic rings. The van der Waals surface area contributed by atoms with Crippen LogP contribution in [-0.2, 0) is 14.3 Å². The van der Waals surface area contributed by atoms with Gasteiger partial charge in [-0.2, -0.15) is 0 Å². The molecule has 0 aromatic heterocycles. The standard InChI is InChI=1S/C23H32O5/c1-21-7-5-18-19(3-2-15-11-16(25)4-8-22(15,18)13-24)23(21,27)9-6-17(21)14-10-20(26)28-12-14/h10,13,15-19,25,27H,2-9,11-12H2,1H3/t15?,16-,17?,18?,19?,21+,22+,23?/m0/s1. The molecule has 4 saturated carbocycles. The molecule has 1 heterocycles. The number of ether oxygens (including phenoxy) is 1. The van der Waals surface area contributed by atoms with Crippen LogP contribution >= 0.6 is 0 Å². The average Bonchev–Trinajstić information content (AvgIpc) is 3.22. The monoisotopic (exact) mass is 388 g/mol. The maximum absolute atomic E-state index is 12.4. The third-order valence-electron chi connectivity index (χ3n) is 9.74. The van der Waals surface area contributed by atoms with E-state index in [2.05, 4.69) is 6.92 Å². The number of carbonyl (C=O) groups is 2. The van der Waals surface area contributed by atoms with Gasteiger partial charge in [0.25, 0.3) is 0 Å². The van der Waals surface area contributed by atoms with E-state index in [0.29, 0.717) is 13.0 Å². The molecular weight excluding hydrogens is 356 g/mol. The molecule has 8 atom stereocenters. The van der Waals surface area contributed by atoms with Crippen molar-refractivity contribution in [1.29, 1.82) is 0 Å². The number of fused-ring (bicyclic) bond motifs is 5. The zero-order valence-corrected chi connectivity index (χ0v) is 16.7. The summed E-state index contributed by atoms with van der Waals surface area (Å²) in [7, 11) is 0. The van der Waals surface area contributed by atoms with Crippen molar-refractivity contribution in [2.24, 2.45) is 34.5 Å². The summed E-state index contributed by atoms with van der Waals surface area (Å²) in [4.78, 5) is 24.1. The number of esters is 1. The summed E-state index contributed by atoms with van der Waals surface area (Å²) in [6.07, 6.45) is 10.1. The van der Waals surface area contributed by atoms with E-state index in [1.54, 1.807) is 6.08 Å². The SMILES string of the molecule is C[C@]12CCC3C(CCC4C[C@@H](O)CC[C@@]43C=O)C1(O)CCC2C1=CC(=O)OC1. The van der Waals surface area contributed by atoms with Gasteiger partial charge in [0.2, 0.25) is 0 Å². The highest BCUT2D eigenvalue weighted by molar-refractivity contribution is 5.85. The molecule has 0 bridgehead atoms. The first-order chi connectivity index (χ1) is 13.3. The van der Waals surface area contributed by atoms with Gasteiger partial charge in [0.1, 0.15) is 12.9 Å². The van der Waals surface area contributed by atoms with Crippen LogP contribution in [-0.4, -0.2) is 40.8 Å². The molecule has 0 radical (unpaired) electrons. The second-order valence-corrected chi connectivity index (χ2v) is 10.4. The molecule has 0 aromatic carbocycles. The Morgan fingerprint density at radius 1 is 1.11 bits per heavy atom. The average molecular weight is 389 g/mol. The Labute approximate surface area is 166 Å². The van der Waals surface area contributed by atoms with Crippen molar-refractivity contribution in [1.82, 2.24) is 0 Å². The lowest BCUT2D eigenvalue weighted by atomic mass is 9.43. The molecule has 4 fully saturated rings. The van der Waals surface area contributed by atoms with E-state index >= 15 is 0 Å². The van der Waals surface area contributed by atoms with Crippen molar-refractivity contribution in [3.8, 4) is 0 Å². The van der Waals surface area contributed by atoms with E-state index < -0.39 is 5.60 Å². The van der Waals surface area contributed by atoms with Gasteiger partial charge in [-0.1, -0.05) is 6.92 Å². The van der Waals surface area contributed by atoms with Gasteiger partial charge in [-0.25, -0.2) is 4.79 Å². The van der Waals surface area contributed by atoms with Crippen molar-refractivity contribution in [3.63, 3.8) is 0 Å². The zero-order valence-electron chi connectivity index (χ0n) is 16.7. The minimum absolute atomic E-state index is 0.131. The lowest BCUT2D eigenvalue weighted by molar-refractivity contribution is -0.207. The van der Waals surface area contributed by atoms with Crippen molar-refractivity contribution in [3.05, 3.63) is 11.6 Å². The van der Waals surface area contributed by atoms with Crippen LogP contribution in [0.1, 0.15) is 64.7 Å². The molecule has 0 aromatic rings. The molecule has 5 heteroatoms. The summed E-state index contributed by atoms with van der Waals surface area (Å²) < 4.78 is 5.17. The predicted octanol–water partition coefficient (Wildman–Crippen LogP) is 2.78. The predicted molar refractivity (Wildman–Crippen MR) is 102 cm³/mol. The lowest BCUT2D eigenvalue weighted by Crippen LogP contribution is -2.63. The van der Waals surface area contributed by atoms with Crippen LogP contribution in [0.25, 0.3) is 0 Å². The number of aldehydes is 1. The summed E-state index contributed by atoms with van der Waals surface area (Å²) in [5, 5.41) is 22.3. The van der Waals surface area contributed by atoms with Crippen molar-refractivity contribution in [2.75, 3.05) is 6.61 Å². The Morgan fingerprint density at radius 3 is 2.64 bits per heavy atom. The van der Waals surface area contributed by atoms with E-state index in [9.17, 15) is 19.8 Å². The lowest BCUT2D eigenvalue weighted by Gasteiger charge is -2.62. The van der Waals surface area contributed by atoms with Crippen LogP contribution in [0, 0.1) is 34.5 Å². The number of cyclic esters (lactones) is 1. The topological polar surface area (TPSA) is 83.8 Å². The van der Waals surface area contributed by atoms with E-state index in [-0.39, 0.29) is 46.6 Å². The number of hydrogen-bond acceptors (Lipinski definition) is 5. The van der Waals surface area contributed by atoms with Gasteiger partial charge in [0.15, 0.2) is 0 Å². The van der Waals surface area contributed by atoms with Gasteiger partial charge >= 0.3 is 5.97 Å². The molecule has 5 rings (SSSR count). The molecule has 2 N–H and O–H groups in total. The molecule has 28 heavy (non-hydrogen) atoms. The summed E-state index contributed by atoms with van der Waals surface area (Å²) in [6.45, 7) is 2.57. The second-order valence-electron chi connectivity index (χ2n) is 10.4. The van der Waals surface area contributed by atoms with Gasteiger partial charge in [0, 0.05) is 16.9 Å². The fraction of sp³-hybridized carbons (Fsp3) is 0.826. The van der Waals surface area contributed by atoms with E-state index in [0.717, 1.165) is 56.9 Å². The summed E-state index contributed by atoms with van der Waals surface area (Å²) in [5.74, 6) is 0.519. The summed E-state index contributed by atoms with van der Waals surface area (Å²) in [6, 6.07) is 0. The van der Waals surface area contributed by atoms with E-state index in [1.807, 2.05) is 0 Å². The molecule has 0 saturated heterocycles. The van der Waals surface area contributed by atoms with Crippen molar-refractivity contribution in [2.45, 2.75) is 76.4 Å². The van der Waals surface area contributed by atoms with Crippen LogP contribution in [0.4, 0.5) is 0 Å². The van der Waals surface area contributed by atoms with E-state index in [4.69, 9.17) is 4.74 Å². The van der Waals surface area contributed by atoms with Gasteiger partial charge in [-0.3, -0.25) is 0 Å². The molecule has 154 valence electrons. The Balaban J connectivity index is 1.49. The first kappa shape index (κ1) is 18.8. The summed E-state index contributed by atoms with van der Waals surface area (Å²) in [5.41, 5.74) is -0.381. The first-order valence-electron chi connectivity index (χ1n) is 11.1. The molecule has 0 spiro atoms. The third kappa shape index (κ3) is 2.26. The molecule has 0 amide bonds.